The Hall–Kier alpha value is -1.20. The van der Waals surface area contributed by atoms with Crippen LogP contribution in [0, 0.1) is 6.57 Å². The van der Waals surface area contributed by atoms with E-state index < -0.39 is 0 Å². The number of benzene rings is 1. The second-order valence-corrected chi connectivity index (χ2v) is 2.34. The summed E-state index contributed by atoms with van der Waals surface area (Å²) >= 11 is 5.68. The van der Waals surface area contributed by atoms with Crippen LogP contribution in [0.3, 0.4) is 0 Å². The number of nitrogens with zero attached hydrogens (tertiary/aromatic N) is 1. The first-order valence-corrected chi connectivity index (χ1v) is 3.36. The van der Waals surface area contributed by atoms with E-state index in [2.05, 4.69) is 4.85 Å². The molecule has 3 heteroatoms. The molecule has 1 aromatic carbocycles. The van der Waals surface area contributed by atoms with Crippen LogP contribution >= 0.6 is 11.6 Å². The summed E-state index contributed by atoms with van der Waals surface area (Å²) in [4.78, 5) is 3.22. The zero-order chi connectivity index (χ0) is 8.27. The van der Waals surface area contributed by atoms with Crippen LogP contribution in [0.25, 0.3) is 4.85 Å². The van der Waals surface area contributed by atoms with E-state index in [-0.39, 0.29) is 0 Å². The maximum Gasteiger partial charge on any atom is 0.209 e. The van der Waals surface area contributed by atoms with E-state index in [1.807, 2.05) is 0 Å². The van der Waals surface area contributed by atoms with Gasteiger partial charge in [-0.05, 0) is 12.1 Å². The van der Waals surface area contributed by atoms with Crippen LogP contribution in [0.15, 0.2) is 18.2 Å². The fraction of sp³-hybridized carbons (Fsp3) is 0.125. The van der Waals surface area contributed by atoms with Gasteiger partial charge in [0.25, 0.3) is 0 Å². The van der Waals surface area contributed by atoms with Gasteiger partial charge in [-0.1, -0.05) is 17.7 Å². The maximum atomic E-state index is 6.74. The molecule has 0 aliphatic heterocycles. The largest absolute Gasteiger partial charge is 0.498 e. The molecule has 11 heavy (non-hydrogen) atoms. The highest BCUT2D eigenvalue weighted by molar-refractivity contribution is 6.33. The molecule has 0 atom stereocenters. The van der Waals surface area contributed by atoms with E-state index in [9.17, 15) is 0 Å². The van der Waals surface area contributed by atoms with Crippen molar-refractivity contribution in [1.82, 2.24) is 0 Å². The minimum Gasteiger partial charge on any atom is -0.498 e. The van der Waals surface area contributed by atoms with Gasteiger partial charge in [0.05, 0.1) is 13.7 Å². The molecule has 1 aromatic rings. The lowest BCUT2D eigenvalue weighted by atomic mass is 10.3. The van der Waals surface area contributed by atoms with E-state index in [0.717, 1.165) is 0 Å². The van der Waals surface area contributed by atoms with Crippen LogP contribution in [0.5, 0.6) is 5.75 Å². The maximum absolute atomic E-state index is 6.74. The first kappa shape index (κ1) is 7.90. The molecule has 56 valence electrons. The highest BCUT2D eigenvalue weighted by atomic mass is 35.5. The normalized spacial score (nSPS) is 8.82. The van der Waals surface area contributed by atoms with Gasteiger partial charge in [0.15, 0.2) is 0 Å². The summed E-state index contributed by atoms with van der Waals surface area (Å²) in [6.07, 6.45) is 0. The number of rotatable bonds is 1. The summed E-state index contributed by atoms with van der Waals surface area (Å²) in [6, 6.07) is 4.97. The number of methoxy groups -OCH3 is 1. The Bertz CT molecular complexity index is 303. The predicted octanol–water partition coefficient (Wildman–Crippen LogP) is 2.90. The van der Waals surface area contributed by atoms with E-state index >= 15 is 0 Å². The van der Waals surface area contributed by atoms with Gasteiger partial charge in [-0.3, -0.25) is 0 Å². The van der Waals surface area contributed by atoms with Crippen molar-refractivity contribution >= 4 is 17.3 Å². The molecule has 0 N–H and O–H groups in total. The number of hydrogen-bond acceptors (Lipinski definition) is 1. The molecule has 0 saturated heterocycles. The second-order valence-electron chi connectivity index (χ2n) is 1.93. The highest BCUT2D eigenvalue weighted by Gasteiger charge is 1.99. The summed E-state index contributed by atoms with van der Waals surface area (Å²) in [5.74, 6) is 0.653. The third-order valence-electron chi connectivity index (χ3n) is 1.27. The fourth-order valence-corrected chi connectivity index (χ4v) is 0.865. The Kier molecular flexibility index (Phi) is 2.35. The monoisotopic (exact) mass is 167 g/mol. The molecule has 0 aliphatic carbocycles. The zero-order valence-electron chi connectivity index (χ0n) is 5.97. The molecule has 0 bridgehead atoms. The predicted molar refractivity (Wildman–Crippen MR) is 44.3 cm³/mol. The summed E-state index contributed by atoms with van der Waals surface area (Å²) in [5.41, 5.74) is 0.422. The van der Waals surface area contributed by atoms with Crippen LogP contribution in [-0.2, 0) is 0 Å². The van der Waals surface area contributed by atoms with Gasteiger partial charge >= 0.3 is 0 Å². The summed E-state index contributed by atoms with van der Waals surface area (Å²) in [7, 11) is 1.55. The van der Waals surface area contributed by atoms with Gasteiger partial charge < -0.3 is 4.74 Å². The van der Waals surface area contributed by atoms with E-state index in [0.29, 0.717) is 16.5 Å². The Balaban J connectivity index is 3.15. The molecule has 0 amide bonds. The minimum atomic E-state index is 0.422. The quantitative estimate of drug-likeness (QED) is 0.587. The average molecular weight is 168 g/mol. The smallest absolute Gasteiger partial charge is 0.209 e. The number of halogens is 1. The molecule has 0 unspecified atom stereocenters. The van der Waals surface area contributed by atoms with Crippen molar-refractivity contribution in [3.8, 4) is 5.75 Å². The number of ether oxygens (including phenoxy) is 1. The van der Waals surface area contributed by atoms with Crippen molar-refractivity contribution in [3.63, 3.8) is 0 Å². The topological polar surface area (TPSA) is 13.6 Å². The molecular formula is C8H6ClNO. The van der Waals surface area contributed by atoms with Crippen LogP contribution in [0.2, 0.25) is 5.02 Å². The van der Waals surface area contributed by atoms with Gasteiger partial charge in [0.2, 0.25) is 5.69 Å². The van der Waals surface area contributed by atoms with E-state index in [1.54, 1.807) is 25.3 Å². The third kappa shape index (κ3) is 1.63. The van der Waals surface area contributed by atoms with Crippen molar-refractivity contribution in [2.24, 2.45) is 0 Å². The molecular weight excluding hydrogens is 162 g/mol. The molecule has 0 spiro atoms. The Labute approximate surface area is 70.2 Å². The van der Waals surface area contributed by atoms with Gasteiger partial charge in [-0.2, -0.15) is 0 Å². The summed E-state index contributed by atoms with van der Waals surface area (Å²) in [5, 5.41) is 0.459. The second kappa shape index (κ2) is 3.27. The molecule has 0 radical (unpaired) electrons. The van der Waals surface area contributed by atoms with Crippen LogP contribution in [0.1, 0.15) is 0 Å². The lowest BCUT2D eigenvalue weighted by molar-refractivity contribution is 0.415. The SMILES string of the molecule is [C-]#[N+]c1cc(OC)ccc1Cl. The lowest BCUT2D eigenvalue weighted by Gasteiger charge is -1.99. The van der Waals surface area contributed by atoms with Gasteiger partial charge in [-0.15, -0.1) is 0 Å². The van der Waals surface area contributed by atoms with Crippen molar-refractivity contribution < 1.29 is 4.74 Å². The molecule has 0 heterocycles. The summed E-state index contributed by atoms with van der Waals surface area (Å²) < 4.78 is 4.91. The van der Waals surface area contributed by atoms with Crippen molar-refractivity contribution in [2.75, 3.05) is 7.11 Å². The van der Waals surface area contributed by atoms with E-state index in [1.165, 1.54) is 0 Å². The average Bonchev–Trinajstić information content (AvgIpc) is 2.05. The van der Waals surface area contributed by atoms with Crippen LogP contribution in [0.4, 0.5) is 5.69 Å². The minimum absolute atomic E-state index is 0.422. The molecule has 1 rings (SSSR count). The summed E-state index contributed by atoms with van der Waals surface area (Å²) in [6.45, 7) is 6.74. The number of hydrogen-bond donors (Lipinski definition) is 0. The lowest BCUT2D eigenvalue weighted by Crippen LogP contribution is -1.80. The Morgan fingerprint density at radius 2 is 2.27 bits per heavy atom. The van der Waals surface area contributed by atoms with Gasteiger partial charge in [-0.25, -0.2) is 4.85 Å². The first-order valence-electron chi connectivity index (χ1n) is 2.99. The first-order chi connectivity index (χ1) is 5.27. The molecule has 0 aromatic heterocycles. The van der Waals surface area contributed by atoms with Crippen molar-refractivity contribution in [2.45, 2.75) is 0 Å². The molecule has 0 saturated carbocycles. The van der Waals surface area contributed by atoms with Crippen molar-refractivity contribution in [3.05, 3.63) is 34.6 Å². The Morgan fingerprint density at radius 3 is 2.82 bits per heavy atom. The molecule has 0 fully saturated rings. The zero-order valence-corrected chi connectivity index (χ0v) is 6.72. The van der Waals surface area contributed by atoms with Crippen LogP contribution < -0.4 is 4.74 Å². The van der Waals surface area contributed by atoms with E-state index in [4.69, 9.17) is 22.9 Å². The van der Waals surface area contributed by atoms with Gasteiger partial charge in [0.1, 0.15) is 5.75 Å². The third-order valence-corrected chi connectivity index (χ3v) is 1.59. The fourth-order valence-electron chi connectivity index (χ4n) is 0.705. The highest BCUT2D eigenvalue weighted by Crippen LogP contribution is 2.28. The molecule has 2 nitrogen and oxygen atoms in total. The standard InChI is InChI=1S/C8H6ClNO/c1-10-8-5-6(11-2)3-4-7(8)9/h3-5H,2H3. The van der Waals surface area contributed by atoms with Crippen LogP contribution in [-0.4, -0.2) is 7.11 Å². The molecule has 0 aliphatic rings. The Morgan fingerprint density at radius 1 is 1.55 bits per heavy atom. The van der Waals surface area contributed by atoms with Gasteiger partial charge in [0, 0.05) is 5.02 Å². The van der Waals surface area contributed by atoms with Crippen molar-refractivity contribution in [1.29, 1.82) is 0 Å².